The molecule has 0 bridgehead atoms. The Kier molecular flexibility index (Phi) is 3.95. The van der Waals surface area contributed by atoms with Crippen molar-refractivity contribution in [3.63, 3.8) is 0 Å². The monoisotopic (exact) mass is 293 g/mol. The fourth-order valence-corrected chi connectivity index (χ4v) is 1.71. The molecule has 0 fully saturated rings. The van der Waals surface area contributed by atoms with Crippen LogP contribution in [0.25, 0.3) is 0 Å². The van der Waals surface area contributed by atoms with Gasteiger partial charge in [0.2, 0.25) is 0 Å². The van der Waals surface area contributed by atoms with Crippen molar-refractivity contribution in [1.82, 2.24) is 4.98 Å². The Morgan fingerprint density at radius 2 is 1.86 bits per heavy atom. The summed E-state index contributed by atoms with van der Waals surface area (Å²) in [5.74, 6) is 5.57. The first-order valence-electron chi connectivity index (χ1n) is 5.75. The summed E-state index contributed by atoms with van der Waals surface area (Å²) >= 11 is 0. The molecule has 0 saturated heterocycles. The standard InChI is InChI=1S/C13H10F3N5/c14-13(15,16)11-5-9(2-1-8(11)7-17)20-10-3-4-19-12(6-10)21-18/h1-6H,18H2,(H2,19,20,21). The van der Waals surface area contributed by atoms with Crippen LogP contribution in [0.15, 0.2) is 36.5 Å². The molecule has 0 aliphatic carbocycles. The highest BCUT2D eigenvalue weighted by molar-refractivity contribution is 5.64. The minimum absolute atomic E-state index is 0.204. The third-order valence-electron chi connectivity index (χ3n) is 2.64. The van der Waals surface area contributed by atoms with Gasteiger partial charge in [-0.1, -0.05) is 0 Å². The van der Waals surface area contributed by atoms with Crippen molar-refractivity contribution in [2.75, 3.05) is 10.7 Å². The molecule has 0 aliphatic heterocycles. The fourth-order valence-electron chi connectivity index (χ4n) is 1.71. The first-order valence-corrected chi connectivity index (χ1v) is 5.75. The molecule has 2 aromatic rings. The fraction of sp³-hybridized carbons (Fsp3) is 0.0769. The highest BCUT2D eigenvalue weighted by atomic mass is 19.4. The van der Waals surface area contributed by atoms with Crippen molar-refractivity contribution in [3.05, 3.63) is 47.7 Å². The zero-order valence-electron chi connectivity index (χ0n) is 10.6. The smallest absolute Gasteiger partial charge is 0.355 e. The van der Waals surface area contributed by atoms with E-state index in [1.54, 1.807) is 6.07 Å². The maximum Gasteiger partial charge on any atom is 0.417 e. The lowest BCUT2D eigenvalue weighted by Crippen LogP contribution is -2.09. The molecule has 1 aromatic carbocycles. The summed E-state index contributed by atoms with van der Waals surface area (Å²) < 4.78 is 38.6. The van der Waals surface area contributed by atoms with E-state index in [9.17, 15) is 13.2 Å². The zero-order valence-corrected chi connectivity index (χ0v) is 10.6. The maximum absolute atomic E-state index is 12.9. The van der Waals surface area contributed by atoms with Crippen LogP contribution in [0.5, 0.6) is 0 Å². The number of aromatic nitrogens is 1. The van der Waals surface area contributed by atoms with E-state index >= 15 is 0 Å². The van der Waals surface area contributed by atoms with Crippen LogP contribution >= 0.6 is 0 Å². The van der Waals surface area contributed by atoms with Crippen LogP contribution in [0.4, 0.5) is 30.4 Å². The second kappa shape index (κ2) is 5.68. The number of rotatable bonds is 3. The predicted octanol–water partition coefficient (Wildman–Crippen LogP) is 3.00. The van der Waals surface area contributed by atoms with E-state index in [4.69, 9.17) is 11.1 Å². The Balaban J connectivity index is 2.35. The Bertz CT molecular complexity index is 691. The number of pyridine rings is 1. The third kappa shape index (κ3) is 3.40. The molecular formula is C13H10F3N5. The van der Waals surface area contributed by atoms with Gasteiger partial charge in [0.05, 0.1) is 17.2 Å². The Morgan fingerprint density at radius 1 is 1.14 bits per heavy atom. The summed E-state index contributed by atoms with van der Waals surface area (Å²) in [4.78, 5) is 3.88. The number of nitrogens with two attached hydrogens (primary N) is 1. The summed E-state index contributed by atoms with van der Waals surface area (Å²) in [6.07, 6.45) is -3.14. The van der Waals surface area contributed by atoms with E-state index in [-0.39, 0.29) is 5.69 Å². The van der Waals surface area contributed by atoms with Gasteiger partial charge in [-0.25, -0.2) is 10.8 Å². The number of nitrogens with zero attached hydrogens (tertiary/aromatic N) is 2. The molecule has 21 heavy (non-hydrogen) atoms. The molecule has 0 amide bonds. The van der Waals surface area contributed by atoms with Crippen molar-refractivity contribution < 1.29 is 13.2 Å². The number of nitrogens with one attached hydrogen (secondary N) is 2. The van der Waals surface area contributed by atoms with E-state index < -0.39 is 17.3 Å². The number of hydrogen-bond acceptors (Lipinski definition) is 5. The molecule has 0 atom stereocenters. The van der Waals surface area contributed by atoms with Gasteiger partial charge in [0.15, 0.2) is 0 Å². The molecular weight excluding hydrogens is 283 g/mol. The third-order valence-corrected chi connectivity index (χ3v) is 2.64. The number of nitriles is 1. The van der Waals surface area contributed by atoms with Gasteiger partial charge in [-0.3, -0.25) is 0 Å². The topological polar surface area (TPSA) is 86.8 Å². The zero-order chi connectivity index (χ0) is 15.5. The van der Waals surface area contributed by atoms with Gasteiger partial charge in [0, 0.05) is 23.6 Å². The Labute approximate surface area is 118 Å². The highest BCUT2D eigenvalue weighted by Gasteiger charge is 2.33. The van der Waals surface area contributed by atoms with E-state index in [1.807, 2.05) is 0 Å². The molecule has 1 heterocycles. The summed E-state index contributed by atoms with van der Waals surface area (Å²) in [6, 6.07) is 8.03. The molecule has 5 nitrogen and oxygen atoms in total. The summed E-state index contributed by atoms with van der Waals surface area (Å²) in [6.45, 7) is 0. The summed E-state index contributed by atoms with van der Waals surface area (Å²) in [7, 11) is 0. The van der Waals surface area contributed by atoms with Crippen LogP contribution in [-0.4, -0.2) is 4.98 Å². The van der Waals surface area contributed by atoms with Crippen LogP contribution in [-0.2, 0) is 6.18 Å². The number of hydrogen-bond donors (Lipinski definition) is 3. The average Bonchev–Trinajstić information content (AvgIpc) is 2.46. The average molecular weight is 293 g/mol. The minimum atomic E-state index is -4.59. The molecule has 1 aromatic heterocycles. The van der Waals surface area contributed by atoms with E-state index in [2.05, 4.69) is 15.7 Å². The van der Waals surface area contributed by atoms with Crippen LogP contribution in [0.3, 0.4) is 0 Å². The normalized spacial score (nSPS) is 10.8. The highest BCUT2D eigenvalue weighted by Crippen LogP contribution is 2.34. The lowest BCUT2D eigenvalue weighted by Gasteiger charge is -2.12. The predicted molar refractivity (Wildman–Crippen MR) is 71.5 cm³/mol. The number of nitrogen functional groups attached to an aromatic ring is 1. The molecule has 0 unspecified atom stereocenters. The maximum atomic E-state index is 12.9. The van der Waals surface area contributed by atoms with E-state index in [0.29, 0.717) is 11.5 Å². The molecule has 0 spiro atoms. The molecule has 8 heteroatoms. The minimum Gasteiger partial charge on any atom is -0.355 e. The van der Waals surface area contributed by atoms with Crippen molar-refractivity contribution in [2.24, 2.45) is 5.84 Å². The van der Waals surface area contributed by atoms with Crippen molar-refractivity contribution in [3.8, 4) is 6.07 Å². The quantitative estimate of drug-likeness (QED) is 0.598. The van der Waals surface area contributed by atoms with Crippen LogP contribution in [0, 0.1) is 11.3 Å². The van der Waals surface area contributed by atoms with Gasteiger partial charge in [-0.05, 0) is 24.3 Å². The molecule has 2 rings (SSSR count). The number of halogens is 3. The SMILES string of the molecule is N#Cc1ccc(Nc2ccnc(NN)c2)cc1C(F)(F)F. The van der Waals surface area contributed by atoms with Gasteiger partial charge in [-0.2, -0.15) is 18.4 Å². The van der Waals surface area contributed by atoms with Crippen molar-refractivity contribution in [1.29, 1.82) is 5.26 Å². The Hall–Kier alpha value is -2.79. The second-order valence-corrected chi connectivity index (χ2v) is 4.07. The van der Waals surface area contributed by atoms with Crippen LogP contribution in [0.1, 0.15) is 11.1 Å². The number of hydrazine groups is 1. The van der Waals surface area contributed by atoms with E-state index in [1.165, 1.54) is 24.4 Å². The second-order valence-electron chi connectivity index (χ2n) is 4.07. The van der Waals surface area contributed by atoms with Crippen LogP contribution < -0.4 is 16.6 Å². The van der Waals surface area contributed by atoms with Gasteiger partial charge >= 0.3 is 6.18 Å². The number of anilines is 3. The van der Waals surface area contributed by atoms with Gasteiger partial charge < -0.3 is 10.7 Å². The number of alkyl halides is 3. The largest absolute Gasteiger partial charge is 0.417 e. The van der Waals surface area contributed by atoms with Crippen molar-refractivity contribution >= 4 is 17.2 Å². The molecule has 4 N–H and O–H groups in total. The lowest BCUT2D eigenvalue weighted by atomic mass is 10.1. The lowest BCUT2D eigenvalue weighted by molar-refractivity contribution is -0.137. The van der Waals surface area contributed by atoms with E-state index in [0.717, 1.165) is 12.1 Å². The van der Waals surface area contributed by atoms with Gasteiger partial charge in [0.25, 0.3) is 0 Å². The molecule has 0 radical (unpaired) electrons. The summed E-state index contributed by atoms with van der Waals surface area (Å²) in [5.41, 5.74) is 1.64. The van der Waals surface area contributed by atoms with Crippen LogP contribution in [0.2, 0.25) is 0 Å². The summed E-state index contributed by atoms with van der Waals surface area (Å²) in [5, 5.41) is 11.5. The molecule has 0 aliphatic rings. The van der Waals surface area contributed by atoms with Gasteiger partial charge in [-0.15, -0.1) is 0 Å². The van der Waals surface area contributed by atoms with Crippen molar-refractivity contribution in [2.45, 2.75) is 6.18 Å². The molecule has 0 saturated carbocycles. The molecule has 108 valence electrons. The first-order chi connectivity index (χ1) is 9.94. The Morgan fingerprint density at radius 3 is 2.48 bits per heavy atom. The first kappa shape index (κ1) is 14.6. The van der Waals surface area contributed by atoms with Gasteiger partial charge in [0.1, 0.15) is 5.82 Å². The number of benzene rings is 1.